The van der Waals surface area contributed by atoms with Crippen LogP contribution in [0.15, 0.2) is 0 Å². The first-order valence-electron chi connectivity index (χ1n) is 4.57. The van der Waals surface area contributed by atoms with Gasteiger partial charge in [-0.15, -0.1) is 0 Å². The molecule has 5 heteroatoms. The zero-order valence-electron chi connectivity index (χ0n) is 9.09. The van der Waals surface area contributed by atoms with Crippen molar-refractivity contribution < 1.29 is 14.3 Å². The van der Waals surface area contributed by atoms with Crippen molar-refractivity contribution in [3.63, 3.8) is 0 Å². The summed E-state index contributed by atoms with van der Waals surface area (Å²) in [5.74, 6) is -0.0986. The molecular formula is C9H18N2O3. The Morgan fingerprint density at radius 1 is 1.36 bits per heavy atom. The second kappa shape index (κ2) is 6.23. The van der Waals surface area contributed by atoms with Crippen LogP contribution in [0, 0.1) is 5.92 Å². The van der Waals surface area contributed by atoms with Crippen molar-refractivity contribution in [3.8, 4) is 0 Å². The van der Waals surface area contributed by atoms with Crippen LogP contribution in [-0.2, 0) is 9.53 Å². The van der Waals surface area contributed by atoms with Crippen LogP contribution in [0.25, 0.3) is 0 Å². The number of carbonyl (C=O) groups excluding carboxylic acids is 2. The van der Waals surface area contributed by atoms with E-state index < -0.39 is 12.0 Å². The van der Waals surface area contributed by atoms with E-state index >= 15 is 0 Å². The Kier molecular flexibility index (Phi) is 5.67. The Balaban J connectivity index is 4.24. The molecule has 82 valence electrons. The van der Waals surface area contributed by atoms with Gasteiger partial charge in [0.15, 0.2) is 0 Å². The number of rotatable bonds is 4. The van der Waals surface area contributed by atoms with Gasteiger partial charge in [0, 0.05) is 7.05 Å². The lowest BCUT2D eigenvalue weighted by Gasteiger charge is -2.17. The van der Waals surface area contributed by atoms with E-state index in [1.165, 1.54) is 14.2 Å². The van der Waals surface area contributed by atoms with E-state index in [1.807, 2.05) is 13.8 Å². The highest BCUT2D eigenvalue weighted by molar-refractivity contribution is 5.83. The van der Waals surface area contributed by atoms with Crippen LogP contribution in [0.4, 0.5) is 4.79 Å². The molecule has 0 aliphatic heterocycles. The molecule has 0 saturated heterocycles. The lowest BCUT2D eigenvalue weighted by Crippen LogP contribution is -2.46. The molecule has 0 aliphatic rings. The maximum absolute atomic E-state index is 11.2. The Morgan fingerprint density at radius 3 is 2.29 bits per heavy atom. The smallest absolute Gasteiger partial charge is 0.328 e. The van der Waals surface area contributed by atoms with E-state index in [4.69, 9.17) is 0 Å². The van der Waals surface area contributed by atoms with Crippen LogP contribution < -0.4 is 10.6 Å². The second-order valence-electron chi connectivity index (χ2n) is 3.43. The highest BCUT2D eigenvalue weighted by Crippen LogP contribution is 2.05. The summed E-state index contributed by atoms with van der Waals surface area (Å²) in [7, 11) is 2.81. The Labute approximate surface area is 84.2 Å². The van der Waals surface area contributed by atoms with Crippen LogP contribution in [-0.4, -0.2) is 32.2 Å². The molecule has 0 aromatic heterocycles. The summed E-state index contributed by atoms with van der Waals surface area (Å²) >= 11 is 0. The van der Waals surface area contributed by atoms with Gasteiger partial charge in [-0.2, -0.15) is 0 Å². The van der Waals surface area contributed by atoms with E-state index in [9.17, 15) is 9.59 Å². The fraction of sp³-hybridized carbons (Fsp3) is 0.778. The molecule has 0 heterocycles. The van der Waals surface area contributed by atoms with Crippen molar-refractivity contribution in [1.29, 1.82) is 0 Å². The predicted molar refractivity (Wildman–Crippen MR) is 52.9 cm³/mol. The Morgan fingerprint density at radius 2 is 1.93 bits per heavy atom. The standard InChI is InChI=1S/C9H18N2O3/c1-6(2)5-7(8(12)14-4)11-9(13)10-3/h6-7H,5H2,1-4H3,(H2,10,11,13)/t7-/m0/s1. The molecule has 0 saturated carbocycles. The van der Waals surface area contributed by atoms with E-state index in [-0.39, 0.29) is 6.03 Å². The summed E-state index contributed by atoms with van der Waals surface area (Å²) in [5, 5.41) is 4.91. The summed E-state index contributed by atoms with van der Waals surface area (Å²) in [5.41, 5.74) is 0. The number of nitrogens with one attached hydrogen (secondary N) is 2. The molecule has 14 heavy (non-hydrogen) atoms. The lowest BCUT2D eigenvalue weighted by molar-refractivity contribution is -0.143. The molecule has 0 aliphatic carbocycles. The van der Waals surface area contributed by atoms with Crippen molar-refractivity contribution in [3.05, 3.63) is 0 Å². The molecule has 5 nitrogen and oxygen atoms in total. The molecule has 0 aromatic rings. The van der Waals surface area contributed by atoms with Gasteiger partial charge in [0.2, 0.25) is 0 Å². The van der Waals surface area contributed by atoms with Crippen molar-refractivity contribution in [2.45, 2.75) is 26.3 Å². The van der Waals surface area contributed by atoms with Crippen molar-refractivity contribution in [2.24, 2.45) is 5.92 Å². The zero-order valence-corrected chi connectivity index (χ0v) is 9.09. The number of carbonyl (C=O) groups is 2. The Bertz CT molecular complexity index is 204. The SMILES string of the molecule is CNC(=O)N[C@@H](CC(C)C)C(=O)OC. The minimum absolute atomic E-state index is 0.316. The van der Waals surface area contributed by atoms with Gasteiger partial charge in [0.1, 0.15) is 6.04 Å². The van der Waals surface area contributed by atoms with Crippen LogP contribution in [0.1, 0.15) is 20.3 Å². The highest BCUT2D eigenvalue weighted by Gasteiger charge is 2.21. The predicted octanol–water partition coefficient (Wildman–Crippen LogP) is 0.503. The van der Waals surface area contributed by atoms with Crippen LogP contribution in [0.2, 0.25) is 0 Å². The van der Waals surface area contributed by atoms with Crippen LogP contribution in [0.3, 0.4) is 0 Å². The van der Waals surface area contributed by atoms with Gasteiger partial charge in [-0.1, -0.05) is 13.8 Å². The van der Waals surface area contributed by atoms with Gasteiger partial charge in [-0.25, -0.2) is 9.59 Å². The molecule has 0 radical (unpaired) electrons. The normalized spacial score (nSPS) is 12.1. The number of methoxy groups -OCH3 is 1. The molecule has 2 N–H and O–H groups in total. The van der Waals surface area contributed by atoms with Crippen LogP contribution in [0.5, 0.6) is 0 Å². The van der Waals surface area contributed by atoms with Gasteiger partial charge in [0.25, 0.3) is 0 Å². The largest absolute Gasteiger partial charge is 0.467 e. The molecule has 0 rings (SSSR count). The summed E-state index contributed by atoms with van der Waals surface area (Å²) in [6, 6.07) is -0.944. The Hall–Kier alpha value is -1.26. The zero-order chi connectivity index (χ0) is 11.1. The average molecular weight is 202 g/mol. The first-order valence-corrected chi connectivity index (χ1v) is 4.57. The van der Waals surface area contributed by atoms with Gasteiger partial charge < -0.3 is 15.4 Å². The van der Waals surface area contributed by atoms with E-state index in [0.717, 1.165) is 0 Å². The van der Waals surface area contributed by atoms with E-state index in [0.29, 0.717) is 12.3 Å². The number of amides is 2. The van der Waals surface area contributed by atoms with Crippen molar-refractivity contribution in [1.82, 2.24) is 10.6 Å². The minimum Gasteiger partial charge on any atom is -0.467 e. The molecule has 0 bridgehead atoms. The minimum atomic E-state index is -0.569. The molecular weight excluding hydrogens is 184 g/mol. The fourth-order valence-electron chi connectivity index (χ4n) is 1.06. The molecule has 0 spiro atoms. The third kappa shape index (κ3) is 4.69. The van der Waals surface area contributed by atoms with Gasteiger partial charge in [-0.05, 0) is 12.3 Å². The van der Waals surface area contributed by atoms with E-state index in [2.05, 4.69) is 15.4 Å². The van der Waals surface area contributed by atoms with Crippen molar-refractivity contribution >= 4 is 12.0 Å². The summed E-state index contributed by atoms with van der Waals surface area (Å²) < 4.78 is 4.58. The number of hydrogen-bond donors (Lipinski definition) is 2. The molecule has 0 aromatic carbocycles. The van der Waals surface area contributed by atoms with Gasteiger partial charge in [0.05, 0.1) is 7.11 Å². The number of ether oxygens (including phenoxy) is 1. The van der Waals surface area contributed by atoms with Crippen molar-refractivity contribution in [2.75, 3.05) is 14.2 Å². The second-order valence-corrected chi connectivity index (χ2v) is 3.43. The third-order valence-electron chi connectivity index (χ3n) is 1.73. The lowest BCUT2D eigenvalue weighted by atomic mass is 10.0. The van der Waals surface area contributed by atoms with E-state index in [1.54, 1.807) is 0 Å². The first-order chi connectivity index (χ1) is 6.51. The van der Waals surface area contributed by atoms with Gasteiger partial charge >= 0.3 is 12.0 Å². The maximum atomic E-state index is 11.2. The quantitative estimate of drug-likeness (QED) is 0.652. The topological polar surface area (TPSA) is 67.4 Å². The number of urea groups is 1. The molecule has 0 fully saturated rings. The number of hydrogen-bond acceptors (Lipinski definition) is 3. The average Bonchev–Trinajstić information content (AvgIpc) is 2.14. The summed E-state index contributed by atoms with van der Waals surface area (Å²) in [6.07, 6.45) is 0.570. The number of esters is 1. The summed E-state index contributed by atoms with van der Waals surface area (Å²) in [6.45, 7) is 3.95. The maximum Gasteiger partial charge on any atom is 0.328 e. The monoisotopic (exact) mass is 202 g/mol. The van der Waals surface area contributed by atoms with Gasteiger partial charge in [-0.3, -0.25) is 0 Å². The molecule has 0 unspecified atom stereocenters. The molecule has 2 amide bonds. The third-order valence-corrected chi connectivity index (χ3v) is 1.73. The fourth-order valence-corrected chi connectivity index (χ4v) is 1.06. The first kappa shape index (κ1) is 12.7. The summed E-state index contributed by atoms with van der Waals surface area (Å²) in [4.78, 5) is 22.2. The molecule has 1 atom stereocenters. The van der Waals surface area contributed by atoms with Crippen LogP contribution >= 0.6 is 0 Å². The highest BCUT2D eigenvalue weighted by atomic mass is 16.5.